The molecule has 3 unspecified atom stereocenters. The lowest BCUT2D eigenvalue weighted by atomic mass is 10.0. The lowest BCUT2D eigenvalue weighted by Gasteiger charge is -2.14. The molecule has 0 aromatic heterocycles. The summed E-state index contributed by atoms with van der Waals surface area (Å²) in [6.07, 6.45) is 5.58. The maximum atomic E-state index is 11.7. The Morgan fingerprint density at radius 1 is 1.53 bits per heavy atom. The highest BCUT2D eigenvalue weighted by Gasteiger charge is 2.24. The predicted molar refractivity (Wildman–Crippen MR) is 64.3 cm³/mol. The Kier molecular flexibility index (Phi) is 5.15. The minimum absolute atomic E-state index is 0.0586. The topological polar surface area (TPSA) is 92.4 Å². The Labute approximate surface area is 101 Å². The molecule has 0 aromatic carbocycles. The maximum Gasteiger partial charge on any atom is 0.308 e. The second-order valence-electron chi connectivity index (χ2n) is 4.46. The van der Waals surface area contributed by atoms with Gasteiger partial charge in [0.05, 0.1) is 11.8 Å². The number of carboxylic acid groups (broad SMARTS) is 1. The Morgan fingerprint density at radius 2 is 2.24 bits per heavy atom. The highest BCUT2D eigenvalue weighted by atomic mass is 16.4. The molecule has 5 nitrogen and oxygen atoms in total. The van der Waals surface area contributed by atoms with Gasteiger partial charge in [0.2, 0.25) is 5.91 Å². The van der Waals surface area contributed by atoms with Crippen molar-refractivity contribution in [2.24, 2.45) is 17.6 Å². The van der Waals surface area contributed by atoms with Gasteiger partial charge in [0.25, 0.3) is 0 Å². The summed E-state index contributed by atoms with van der Waals surface area (Å²) in [5, 5.41) is 11.6. The molecule has 1 aliphatic rings. The smallest absolute Gasteiger partial charge is 0.308 e. The molecule has 0 spiro atoms. The number of hydrogen-bond acceptors (Lipinski definition) is 3. The van der Waals surface area contributed by atoms with Gasteiger partial charge in [0.1, 0.15) is 0 Å². The van der Waals surface area contributed by atoms with Crippen molar-refractivity contribution in [2.45, 2.75) is 32.2 Å². The lowest BCUT2D eigenvalue weighted by molar-refractivity contribution is -0.142. The first kappa shape index (κ1) is 13.7. The molecule has 1 rings (SSSR count). The van der Waals surface area contributed by atoms with Gasteiger partial charge in [-0.3, -0.25) is 9.59 Å². The van der Waals surface area contributed by atoms with Crippen molar-refractivity contribution in [3.8, 4) is 0 Å². The first-order valence-electron chi connectivity index (χ1n) is 5.99. The van der Waals surface area contributed by atoms with Gasteiger partial charge >= 0.3 is 5.97 Å². The Bertz CT molecular complexity index is 315. The summed E-state index contributed by atoms with van der Waals surface area (Å²) in [5.41, 5.74) is 5.65. The fraction of sp³-hybridized carbons (Fsp3) is 0.667. The van der Waals surface area contributed by atoms with E-state index >= 15 is 0 Å². The van der Waals surface area contributed by atoms with E-state index in [0.717, 1.165) is 6.42 Å². The second-order valence-corrected chi connectivity index (χ2v) is 4.46. The molecule has 17 heavy (non-hydrogen) atoms. The molecule has 0 fully saturated rings. The summed E-state index contributed by atoms with van der Waals surface area (Å²) in [5.74, 6) is -1.69. The van der Waals surface area contributed by atoms with Crippen LogP contribution in [0.3, 0.4) is 0 Å². The highest BCUT2D eigenvalue weighted by Crippen LogP contribution is 2.16. The van der Waals surface area contributed by atoms with Crippen LogP contribution in [0.2, 0.25) is 0 Å². The number of nitrogens with two attached hydrogens (primary N) is 1. The number of nitrogens with one attached hydrogen (secondary N) is 1. The summed E-state index contributed by atoms with van der Waals surface area (Å²) < 4.78 is 0. The van der Waals surface area contributed by atoms with E-state index in [2.05, 4.69) is 5.32 Å². The second kappa shape index (κ2) is 6.39. The van der Waals surface area contributed by atoms with Crippen LogP contribution in [0.15, 0.2) is 12.2 Å². The zero-order valence-corrected chi connectivity index (χ0v) is 10.1. The third kappa shape index (κ3) is 4.19. The van der Waals surface area contributed by atoms with Crippen LogP contribution >= 0.6 is 0 Å². The summed E-state index contributed by atoms with van der Waals surface area (Å²) in [4.78, 5) is 22.6. The zero-order chi connectivity index (χ0) is 12.8. The Balaban J connectivity index is 2.36. The van der Waals surface area contributed by atoms with E-state index in [0.29, 0.717) is 12.8 Å². The fourth-order valence-corrected chi connectivity index (χ4v) is 1.94. The molecule has 96 valence electrons. The van der Waals surface area contributed by atoms with Gasteiger partial charge in [0, 0.05) is 12.6 Å². The number of carboxylic acids is 1. The van der Waals surface area contributed by atoms with Crippen LogP contribution in [0, 0.1) is 11.8 Å². The molecule has 0 saturated carbocycles. The summed E-state index contributed by atoms with van der Waals surface area (Å²) in [6.45, 7) is 2.12. The third-order valence-corrected chi connectivity index (χ3v) is 2.96. The number of hydrogen-bond donors (Lipinski definition) is 3. The number of carbonyl (C=O) groups is 2. The van der Waals surface area contributed by atoms with Gasteiger partial charge in [-0.2, -0.15) is 0 Å². The SMILES string of the molecule is CCCC(CNC(=O)C1C=CC(N)C1)C(=O)O. The zero-order valence-electron chi connectivity index (χ0n) is 10.1. The van der Waals surface area contributed by atoms with Crippen LogP contribution in [-0.4, -0.2) is 29.6 Å². The van der Waals surface area contributed by atoms with Crippen molar-refractivity contribution in [1.29, 1.82) is 0 Å². The quantitative estimate of drug-likeness (QED) is 0.590. The monoisotopic (exact) mass is 240 g/mol. The molecule has 0 saturated heterocycles. The van der Waals surface area contributed by atoms with Gasteiger partial charge < -0.3 is 16.2 Å². The highest BCUT2D eigenvalue weighted by molar-refractivity contribution is 5.81. The number of aliphatic carboxylic acids is 1. The number of rotatable bonds is 6. The van der Waals surface area contributed by atoms with E-state index in [-0.39, 0.29) is 24.4 Å². The van der Waals surface area contributed by atoms with Crippen molar-refractivity contribution in [1.82, 2.24) is 5.32 Å². The van der Waals surface area contributed by atoms with E-state index in [1.165, 1.54) is 0 Å². The van der Waals surface area contributed by atoms with E-state index in [1.807, 2.05) is 13.0 Å². The summed E-state index contributed by atoms with van der Waals surface area (Å²) in [6, 6.07) is -0.0586. The molecule has 1 aliphatic carbocycles. The van der Waals surface area contributed by atoms with Crippen LogP contribution in [0.1, 0.15) is 26.2 Å². The molecule has 4 N–H and O–H groups in total. The molecule has 1 amide bonds. The minimum Gasteiger partial charge on any atom is -0.481 e. The van der Waals surface area contributed by atoms with Gasteiger partial charge in [-0.25, -0.2) is 0 Å². The maximum absolute atomic E-state index is 11.7. The van der Waals surface area contributed by atoms with Crippen LogP contribution < -0.4 is 11.1 Å². The lowest BCUT2D eigenvalue weighted by Crippen LogP contribution is -2.36. The summed E-state index contributed by atoms with van der Waals surface area (Å²) in [7, 11) is 0. The van der Waals surface area contributed by atoms with Gasteiger partial charge in [-0.05, 0) is 12.8 Å². The van der Waals surface area contributed by atoms with Crippen molar-refractivity contribution in [3.63, 3.8) is 0 Å². The van der Waals surface area contributed by atoms with Gasteiger partial charge in [0.15, 0.2) is 0 Å². The minimum atomic E-state index is -0.856. The predicted octanol–water partition coefficient (Wildman–Crippen LogP) is 0.507. The molecule has 3 atom stereocenters. The van der Waals surface area contributed by atoms with Crippen molar-refractivity contribution < 1.29 is 14.7 Å². The average molecular weight is 240 g/mol. The molecular formula is C12H20N2O3. The van der Waals surface area contributed by atoms with E-state index in [1.54, 1.807) is 6.08 Å². The van der Waals surface area contributed by atoms with Crippen LogP contribution in [0.4, 0.5) is 0 Å². The van der Waals surface area contributed by atoms with E-state index in [4.69, 9.17) is 10.8 Å². The van der Waals surface area contributed by atoms with E-state index in [9.17, 15) is 9.59 Å². The number of carbonyl (C=O) groups excluding carboxylic acids is 1. The molecular weight excluding hydrogens is 220 g/mol. The molecule has 0 aliphatic heterocycles. The van der Waals surface area contributed by atoms with Gasteiger partial charge in [-0.1, -0.05) is 25.5 Å². The van der Waals surface area contributed by atoms with Crippen LogP contribution in [0.25, 0.3) is 0 Å². The first-order chi connectivity index (χ1) is 8.04. The van der Waals surface area contributed by atoms with Crippen molar-refractivity contribution >= 4 is 11.9 Å². The summed E-state index contributed by atoms with van der Waals surface area (Å²) >= 11 is 0. The largest absolute Gasteiger partial charge is 0.481 e. The average Bonchev–Trinajstić information content (AvgIpc) is 2.70. The van der Waals surface area contributed by atoms with Crippen LogP contribution in [-0.2, 0) is 9.59 Å². The standard InChI is InChI=1S/C12H20N2O3/c1-2-3-9(12(16)17)7-14-11(15)8-4-5-10(13)6-8/h4-5,8-10H,2-3,6-7,13H2,1H3,(H,14,15)(H,16,17). The van der Waals surface area contributed by atoms with Crippen molar-refractivity contribution in [2.75, 3.05) is 6.54 Å². The molecule has 0 bridgehead atoms. The molecule has 0 heterocycles. The van der Waals surface area contributed by atoms with E-state index < -0.39 is 11.9 Å². The Morgan fingerprint density at radius 3 is 2.71 bits per heavy atom. The number of amides is 1. The normalized spacial score (nSPS) is 24.6. The van der Waals surface area contributed by atoms with Crippen molar-refractivity contribution in [3.05, 3.63) is 12.2 Å². The molecule has 0 aromatic rings. The molecule has 0 radical (unpaired) electrons. The first-order valence-corrected chi connectivity index (χ1v) is 5.99. The molecule has 5 heteroatoms. The van der Waals surface area contributed by atoms with Gasteiger partial charge in [-0.15, -0.1) is 0 Å². The van der Waals surface area contributed by atoms with Crippen LogP contribution in [0.5, 0.6) is 0 Å². The Hall–Kier alpha value is -1.36. The third-order valence-electron chi connectivity index (χ3n) is 2.96. The fourth-order valence-electron chi connectivity index (χ4n) is 1.94.